The molecule has 2 aromatic carbocycles. The van der Waals surface area contributed by atoms with Crippen molar-refractivity contribution in [2.45, 2.75) is 51.9 Å². The van der Waals surface area contributed by atoms with Gasteiger partial charge in [0, 0.05) is 25.2 Å². The van der Waals surface area contributed by atoms with E-state index in [4.69, 9.17) is 59.0 Å². The van der Waals surface area contributed by atoms with Gasteiger partial charge in [0.25, 0.3) is 0 Å². The Hall–Kier alpha value is -7.10. The number of nitrogens with two attached hydrogens (primary N) is 2. The van der Waals surface area contributed by atoms with Crippen LogP contribution in [0.1, 0.15) is 61.8 Å². The van der Waals surface area contributed by atoms with Crippen molar-refractivity contribution in [3.63, 3.8) is 0 Å². The predicted molar refractivity (Wildman–Crippen MR) is 252 cm³/mol. The van der Waals surface area contributed by atoms with Gasteiger partial charge >= 0.3 is 48.2 Å². The van der Waals surface area contributed by atoms with E-state index in [9.17, 15) is 55.1 Å². The molecule has 0 fully saturated rings. The van der Waals surface area contributed by atoms with Crippen LogP contribution in [0.25, 0.3) is 0 Å². The maximum atomic E-state index is 14.7. The number of carbonyl (C=O) groups is 6. The van der Waals surface area contributed by atoms with Crippen LogP contribution in [0.5, 0.6) is 0 Å². The van der Waals surface area contributed by atoms with E-state index in [-0.39, 0.29) is 77.3 Å². The average molecular weight is 1090 g/mol. The zero-order chi connectivity index (χ0) is 56.3. The first-order chi connectivity index (χ1) is 36.1. The number of nitrogens with zero attached hydrogens (tertiary/aromatic N) is 2. The molecule has 26 heteroatoms. The Bertz CT molecular complexity index is 2420. The number of ether oxygens (including phenoxy) is 8. The quantitative estimate of drug-likeness (QED) is 0.0403. The molecule has 20 nitrogen and oxygen atoms in total. The van der Waals surface area contributed by atoms with E-state index in [1.54, 1.807) is 0 Å². The normalized spacial score (nSPS) is 16.3. The van der Waals surface area contributed by atoms with Crippen molar-refractivity contribution < 1.29 is 103 Å². The van der Waals surface area contributed by atoms with E-state index in [0.29, 0.717) is 22.3 Å². The van der Waals surface area contributed by atoms with Gasteiger partial charge in [-0.15, -0.1) is 0 Å². The van der Waals surface area contributed by atoms with Crippen LogP contribution in [0.15, 0.2) is 106 Å². The van der Waals surface area contributed by atoms with Crippen LogP contribution < -0.4 is 11.5 Å². The zero-order valence-corrected chi connectivity index (χ0v) is 42.3. The van der Waals surface area contributed by atoms with Gasteiger partial charge < -0.3 is 59.0 Å². The lowest BCUT2D eigenvalue weighted by atomic mass is 9.78. The number of carbonyl (C=O) groups excluding carboxylic acids is 6. The molecule has 0 aromatic heterocycles. The van der Waals surface area contributed by atoms with Crippen LogP contribution in [0.2, 0.25) is 0 Å². The monoisotopic (exact) mass is 1080 g/mol. The molecule has 0 unspecified atom stereocenters. The summed E-state index contributed by atoms with van der Waals surface area (Å²) in [4.78, 5) is 94.5. The summed E-state index contributed by atoms with van der Waals surface area (Å²) >= 11 is 0. The van der Waals surface area contributed by atoms with Crippen LogP contribution in [0.3, 0.4) is 0 Å². The Balaban J connectivity index is 1.89. The number of halogens is 6. The predicted octanol–water partition coefficient (Wildman–Crippen LogP) is 5.21. The number of methoxy groups -OCH3 is 2. The minimum atomic E-state index is -5.03. The largest absolute Gasteiger partial charge is 0.466 e. The number of rotatable bonds is 26. The fourth-order valence-corrected chi connectivity index (χ4v) is 8.00. The number of hydroxylamine groups is 4. The number of allylic oxidation sites excluding steroid dienone is 2. The van der Waals surface area contributed by atoms with Crippen LogP contribution in [0.4, 0.5) is 26.3 Å². The van der Waals surface area contributed by atoms with E-state index < -0.39 is 129 Å². The molecular formula is C50H58F6N4O16. The highest BCUT2D eigenvalue weighted by Crippen LogP contribution is 2.49. The molecule has 0 saturated carbocycles. The standard InChI is InChI=1S/C50H58F6N4O16/c1-7-73-47(65)43-35(27-71-25-23-69-21-19-57)59(29(3)39(45(63)67-5)41(43)31-13-9-11-15-33(31)49(51,52)53)75-37(61)17-18-38(62)76-60-30(4)40(46(64)68-6)42(32-14-10-12-16-34(32)50(54,55)56)44(48(66)74-8-2)36(60)28-72-26-24-70-22-20-58/h9-18,41-42H,7-8,19-28,57-58H2,1-6H3/b18-17+/t41-,42-/m0/s1. The summed E-state index contributed by atoms with van der Waals surface area (Å²) in [5.41, 5.74) is 3.18. The maximum absolute atomic E-state index is 14.7. The highest BCUT2D eigenvalue weighted by molar-refractivity contribution is 6.01. The van der Waals surface area contributed by atoms with E-state index in [2.05, 4.69) is 0 Å². The number of hydrogen-bond acceptors (Lipinski definition) is 20. The van der Waals surface area contributed by atoms with Crippen LogP contribution in [0, 0.1) is 0 Å². The highest BCUT2D eigenvalue weighted by atomic mass is 19.4. The first-order valence-electron chi connectivity index (χ1n) is 23.3. The van der Waals surface area contributed by atoms with Gasteiger partial charge in [-0.05, 0) is 51.0 Å². The van der Waals surface area contributed by atoms with Gasteiger partial charge in [0.05, 0.1) is 148 Å². The molecule has 2 aliphatic heterocycles. The zero-order valence-electron chi connectivity index (χ0n) is 42.3. The summed E-state index contributed by atoms with van der Waals surface area (Å²) in [5.74, 6) is -11.7. The van der Waals surface area contributed by atoms with Crippen molar-refractivity contribution >= 4 is 35.8 Å². The third-order valence-corrected chi connectivity index (χ3v) is 11.1. The Kier molecular flexibility index (Phi) is 23.2. The van der Waals surface area contributed by atoms with E-state index in [0.717, 1.165) is 50.6 Å². The van der Waals surface area contributed by atoms with Crippen molar-refractivity contribution in [2.75, 3.05) is 93.4 Å². The van der Waals surface area contributed by atoms with E-state index >= 15 is 0 Å². The fourth-order valence-electron chi connectivity index (χ4n) is 8.00. The van der Waals surface area contributed by atoms with Crippen molar-refractivity contribution in [3.8, 4) is 0 Å². The van der Waals surface area contributed by atoms with Gasteiger partial charge in [0.15, 0.2) is 0 Å². The maximum Gasteiger partial charge on any atom is 0.416 e. The molecule has 2 heterocycles. The summed E-state index contributed by atoms with van der Waals surface area (Å²) in [6.07, 6.45) is -9.10. The molecular weight excluding hydrogens is 1030 g/mol. The molecule has 76 heavy (non-hydrogen) atoms. The minimum absolute atomic E-state index is 0.0613. The first-order valence-corrected chi connectivity index (χ1v) is 23.3. The second kappa shape index (κ2) is 28.7. The Morgan fingerprint density at radius 3 is 1.18 bits per heavy atom. The molecule has 416 valence electrons. The number of benzene rings is 2. The minimum Gasteiger partial charge on any atom is -0.466 e. The molecule has 0 amide bonds. The van der Waals surface area contributed by atoms with Crippen molar-refractivity contribution in [3.05, 3.63) is 128 Å². The van der Waals surface area contributed by atoms with E-state index in [1.165, 1.54) is 39.8 Å². The summed E-state index contributed by atoms with van der Waals surface area (Å²) in [6, 6.07) is 8.20. The molecule has 2 aromatic rings. The third kappa shape index (κ3) is 15.3. The molecule has 0 aliphatic carbocycles. The second-order valence-corrected chi connectivity index (χ2v) is 15.8. The van der Waals surface area contributed by atoms with E-state index in [1.807, 2.05) is 0 Å². The molecule has 0 spiro atoms. The molecule has 2 aliphatic rings. The Morgan fingerprint density at radius 2 is 0.868 bits per heavy atom. The van der Waals surface area contributed by atoms with Crippen molar-refractivity contribution in [2.24, 2.45) is 11.5 Å². The van der Waals surface area contributed by atoms with Crippen molar-refractivity contribution in [1.29, 1.82) is 0 Å². The fraction of sp³-hybridized carbons (Fsp3) is 0.440. The number of hydrogen-bond donors (Lipinski definition) is 2. The second-order valence-electron chi connectivity index (χ2n) is 15.8. The Morgan fingerprint density at radius 1 is 0.526 bits per heavy atom. The smallest absolute Gasteiger partial charge is 0.416 e. The Labute approximate surface area is 432 Å². The van der Waals surface area contributed by atoms with Crippen LogP contribution in [-0.4, -0.2) is 139 Å². The van der Waals surface area contributed by atoms with Gasteiger partial charge in [-0.3, -0.25) is 0 Å². The molecule has 2 atom stereocenters. The van der Waals surface area contributed by atoms with Gasteiger partial charge in [-0.1, -0.05) is 36.4 Å². The van der Waals surface area contributed by atoms with Crippen molar-refractivity contribution in [1.82, 2.24) is 10.1 Å². The molecule has 0 saturated heterocycles. The molecule has 0 bridgehead atoms. The lowest BCUT2D eigenvalue weighted by Gasteiger charge is -2.37. The topological polar surface area (TPSA) is 253 Å². The van der Waals surface area contributed by atoms with Crippen LogP contribution in [-0.2, 0) is 88.7 Å². The number of esters is 4. The lowest BCUT2D eigenvalue weighted by molar-refractivity contribution is -0.173. The lowest BCUT2D eigenvalue weighted by Crippen LogP contribution is -2.39. The van der Waals surface area contributed by atoms with Gasteiger partial charge in [-0.25, -0.2) is 28.8 Å². The first kappa shape index (κ1) is 61.4. The average Bonchev–Trinajstić information content (AvgIpc) is 3.42. The highest BCUT2D eigenvalue weighted by Gasteiger charge is 2.48. The van der Waals surface area contributed by atoms with Gasteiger partial charge in [0.2, 0.25) is 0 Å². The summed E-state index contributed by atoms with van der Waals surface area (Å²) in [7, 11) is 1.84. The summed E-state index contributed by atoms with van der Waals surface area (Å²) in [5, 5.41) is 1.23. The molecule has 4 rings (SSSR count). The molecule has 4 N–H and O–H groups in total. The summed E-state index contributed by atoms with van der Waals surface area (Å²) in [6.45, 7) is 3.12. The number of alkyl halides is 6. The summed E-state index contributed by atoms with van der Waals surface area (Å²) < 4.78 is 131. The van der Waals surface area contributed by atoms with Gasteiger partial charge in [-0.2, -0.15) is 36.5 Å². The van der Waals surface area contributed by atoms with Crippen LogP contribution >= 0.6 is 0 Å². The van der Waals surface area contributed by atoms with Gasteiger partial charge in [0.1, 0.15) is 0 Å². The third-order valence-electron chi connectivity index (χ3n) is 11.1. The SMILES string of the molecule is CCOC(=O)C1=C(COCCOCCN)N(OC(=O)/C=C/C(=O)ON2C(C)=C(C(=O)OC)[C@H](c3ccccc3C(F)(F)F)C(C(=O)OCC)=C2COCCOCCN)C(C)=C(C(=O)OC)[C@@H]1c1ccccc1C(F)(F)F. The molecule has 0 radical (unpaired) electrons.